The third-order valence-electron chi connectivity index (χ3n) is 5.20. The smallest absolute Gasteiger partial charge is 0.536 e. The van der Waals surface area contributed by atoms with Crippen molar-refractivity contribution in [1.82, 2.24) is 0 Å². The van der Waals surface area contributed by atoms with Gasteiger partial charge in [0.05, 0.1) is 5.76 Å². The van der Waals surface area contributed by atoms with Crippen molar-refractivity contribution >= 4 is 12.6 Å². The molecule has 5 heteroatoms. The summed E-state index contributed by atoms with van der Waals surface area (Å²) in [6.45, 7) is 1.82. The Bertz CT molecular complexity index is 612. The van der Waals surface area contributed by atoms with Crippen LogP contribution in [0.1, 0.15) is 70.3 Å². The van der Waals surface area contributed by atoms with Crippen LogP contribution in [0.15, 0.2) is 24.0 Å². The van der Waals surface area contributed by atoms with Crippen LogP contribution in [0.5, 0.6) is 0 Å². The highest BCUT2D eigenvalue weighted by molar-refractivity contribution is 6.61. The van der Waals surface area contributed by atoms with Gasteiger partial charge in [0.15, 0.2) is 11.6 Å². The number of halogens is 2. The van der Waals surface area contributed by atoms with Crippen molar-refractivity contribution in [3.63, 3.8) is 0 Å². The van der Waals surface area contributed by atoms with Crippen LogP contribution in [0.2, 0.25) is 0 Å². The van der Waals surface area contributed by atoms with E-state index >= 15 is 0 Å². The van der Waals surface area contributed by atoms with Crippen LogP contribution in [0.25, 0.3) is 0 Å². The summed E-state index contributed by atoms with van der Waals surface area (Å²) in [7, 11) is -0.868. The molecule has 0 saturated heterocycles. The monoisotopic (exact) mass is 348 g/mol. The number of hydrogen-bond donors (Lipinski definition) is 0. The SMILES string of the molecule is CCc1ccc(B(OC2=CCCCC2)OC2CCCCC2)c(F)c1F. The Morgan fingerprint density at radius 1 is 1.04 bits per heavy atom. The molecule has 0 radical (unpaired) electrons. The van der Waals surface area contributed by atoms with Crippen molar-refractivity contribution in [2.24, 2.45) is 0 Å². The molecule has 2 aliphatic rings. The molecule has 1 fully saturated rings. The van der Waals surface area contributed by atoms with E-state index in [1.54, 1.807) is 12.1 Å². The molecule has 0 atom stereocenters. The average Bonchev–Trinajstić information content (AvgIpc) is 2.65. The molecule has 0 N–H and O–H groups in total. The van der Waals surface area contributed by atoms with E-state index in [2.05, 4.69) is 6.08 Å². The van der Waals surface area contributed by atoms with Crippen molar-refractivity contribution in [3.05, 3.63) is 41.2 Å². The highest BCUT2D eigenvalue weighted by Crippen LogP contribution is 2.24. The van der Waals surface area contributed by atoms with Gasteiger partial charge in [-0.05, 0) is 50.2 Å². The summed E-state index contributed by atoms with van der Waals surface area (Å²) in [6.07, 6.45) is 11.9. The van der Waals surface area contributed by atoms with Gasteiger partial charge in [0.25, 0.3) is 0 Å². The first-order valence-electron chi connectivity index (χ1n) is 9.67. The zero-order valence-electron chi connectivity index (χ0n) is 15.0. The second-order valence-corrected chi connectivity index (χ2v) is 7.06. The second-order valence-electron chi connectivity index (χ2n) is 7.06. The molecule has 136 valence electrons. The quantitative estimate of drug-likeness (QED) is 0.670. The van der Waals surface area contributed by atoms with Crippen LogP contribution in [-0.4, -0.2) is 13.2 Å². The largest absolute Gasteiger partial charge is 0.565 e. The number of hydrogen-bond acceptors (Lipinski definition) is 2. The fourth-order valence-electron chi connectivity index (χ4n) is 3.65. The minimum Gasteiger partial charge on any atom is -0.536 e. The molecule has 0 spiro atoms. The molecule has 2 nitrogen and oxygen atoms in total. The molecule has 1 aromatic rings. The molecule has 0 aromatic heterocycles. The Kier molecular flexibility index (Phi) is 6.52. The summed E-state index contributed by atoms with van der Waals surface area (Å²) in [5.74, 6) is -0.776. The van der Waals surface area contributed by atoms with Gasteiger partial charge in [-0.2, -0.15) is 0 Å². The van der Waals surface area contributed by atoms with E-state index in [1.807, 2.05) is 6.92 Å². The van der Waals surface area contributed by atoms with Crippen LogP contribution in [0.3, 0.4) is 0 Å². The maximum atomic E-state index is 14.7. The van der Waals surface area contributed by atoms with E-state index in [0.717, 1.165) is 57.1 Å². The Labute approximate surface area is 149 Å². The minimum absolute atomic E-state index is 0.0521. The minimum atomic E-state index is -0.868. The van der Waals surface area contributed by atoms with Crippen LogP contribution >= 0.6 is 0 Å². The zero-order valence-corrected chi connectivity index (χ0v) is 15.0. The van der Waals surface area contributed by atoms with Crippen LogP contribution < -0.4 is 5.46 Å². The Hall–Kier alpha value is -1.36. The summed E-state index contributed by atoms with van der Waals surface area (Å²) in [5.41, 5.74) is 0.557. The first-order valence-corrected chi connectivity index (χ1v) is 9.67. The highest BCUT2D eigenvalue weighted by atomic mass is 19.2. The van der Waals surface area contributed by atoms with Gasteiger partial charge in [0.2, 0.25) is 0 Å². The van der Waals surface area contributed by atoms with E-state index in [0.29, 0.717) is 12.0 Å². The Balaban J connectivity index is 1.84. The molecule has 0 unspecified atom stereocenters. The van der Waals surface area contributed by atoms with E-state index in [1.165, 1.54) is 6.42 Å². The predicted octanol–water partition coefficient (Wildman–Crippen LogP) is 5.05. The van der Waals surface area contributed by atoms with Gasteiger partial charge >= 0.3 is 7.12 Å². The van der Waals surface area contributed by atoms with Gasteiger partial charge < -0.3 is 9.31 Å². The van der Waals surface area contributed by atoms with Crippen molar-refractivity contribution in [2.75, 3.05) is 0 Å². The molecule has 25 heavy (non-hydrogen) atoms. The molecular formula is C20H27BF2O2. The first kappa shape index (κ1) is 18.4. The van der Waals surface area contributed by atoms with Crippen molar-refractivity contribution in [2.45, 2.75) is 77.2 Å². The van der Waals surface area contributed by atoms with Crippen LogP contribution in [0, 0.1) is 11.6 Å². The topological polar surface area (TPSA) is 18.5 Å². The lowest BCUT2D eigenvalue weighted by Crippen LogP contribution is -2.43. The Morgan fingerprint density at radius 2 is 1.84 bits per heavy atom. The molecule has 0 amide bonds. The predicted molar refractivity (Wildman–Crippen MR) is 96.7 cm³/mol. The number of aryl methyl sites for hydroxylation is 1. The van der Waals surface area contributed by atoms with Gasteiger partial charge in [-0.1, -0.05) is 38.3 Å². The lowest BCUT2D eigenvalue weighted by Gasteiger charge is -2.27. The van der Waals surface area contributed by atoms with Crippen LogP contribution in [0.4, 0.5) is 8.78 Å². The lowest BCUT2D eigenvalue weighted by atomic mass is 9.76. The fourth-order valence-corrected chi connectivity index (χ4v) is 3.65. The second kappa shape index (κ2) is 8.84. The maximum Gasteiger partial charge on any atom is 0.565 e. The normalized spacial score (nSPS) is 18.8. The molecule has 3 rings (SSSR count). The van der Waals surface area contributed by atoms with Crippen molar-refractivity contribution < 1.29 is 18.1 Å². The molecule has 0 bridgehead atoms. The summed E-state index contributed by atoms with van der Waals surface area (Å²) in [6, 6.07) is 3.26. The fraction of sp³-hybridized carbons (Fsp3) is 0.600. The van der Waals surface area contributed by atoms with Gasteiger partial charge in [-0.25, -0.2) is 8.78 Å². The van der Waals surface area contributed by atoms with E-state index < -0.39 is 18.8 Å². The first-order chi connectivity index (χ1) is 12.2. The summed E-state index contributed by atoms with van der Waals surface area (Å²) < 4.78 is 41.1. The summed E-state index contributed by atoms with van der Waals surface area (Å²) in [5, 5.41) is 0. The van der Waals surface area contributed by atoms with Gasteiger partial charge in [0.1, 0.15) is 0 Å². The number of rotatable bonds is 6. The highest BCUT2D eigenvalue weighted by Gasteiger charge is 2.33. The molecule has 1 saturated carbocycles. The maximum absolute atomic E-state index is 14.7. The molecule has 2 aliphatic carbocycles. The summed E-state index contributed by atoms with van der Waals surface area (Å²) in [4.78, 5) is 0. The molecule has 1 aromatic carbocycles. The van der Waals surface area contributed by atoms with E-state index in [-0.39, 0.29) is 11.6 Å². The average molecular weight is 348 g/mol. The van der Waals surface area contributed by atoms with Crippen molar-refractivity contribution in [3.8, 4) is 0 Å². The number of benzene rings is 1. The van der Waals surface area contributed by atoms with E-state index in [4.69, 9.17) is 9.31 Å². The third kappa shape index (κ3) is 4.63. The van der Waals surface area contributed by atoms with E-state index in [9.17, 15) is 8.78 Å². The van der Waals surface area contributed by atoms with Gasteiger partial charge in [-0.15, -0.1) is 0 Å². The number of allylic oxidation sites excluding steroid dienone is 2. The van der Waals surface area contributed by atoms with Gasteiger partial charge in [-0.3, -0.25) is 0 Å². The third-order valence-corrected chi connectivity index (χ3v) is 5.20. The molecule has 0 aliphatic heterocycles. The Morgan fingerprint density at radius 3 is 2.52 bits per heavy atom. The summed E-state index contributed by atoms with van der Waals surface area (Å²) >= 11 is 0. The van der Waals surface area contributed by atoms with Crippen LogP contribution in [-0.2, 0) is 15.7 Å². The lowest BCUT2D eigenvalue weighted by molar-refractivity contribution is 0.123. The zero-order chi connectivity index (χ0) is 17.6. The standard InChI is InChI=1S/C20H27BF2O2/c1-2-15-13-14-18(20(23)19(15)22)21(24-16-9-5-3-6-10-16)25-17-11-7-4-8-12-17/h9,13-14,17H,2-8,10-12H2,1H3. The molecule has 0 heterocycles. The molecular weight excluding hydrogens is 321 g/mol. The van der Waals surface area contributed by atoms with Gasteiger partial charge in [0, 0.05) is 18.0 Å². The van der Waals surface area contributed by atoms with Crippen molar-refractivity contribution in [1.29, 1.82) is 0 Å².